The fourth-order valence-electron chi connectivity index (χ4n) is 2.55. The van der Waals surface area contributed by atoms with E-state index >= 15 is 0 Å². The van der Waals surface area contributed by atoms with Gasteiger partial charge in [0.25, 0.3) is 5.91 Å². The maximum absolute atomic E-state index is 13.1. The molecule has 2 aromatic rings. The van der Waals surface area contributed by atoms with Crippen LogP contribution in [0.25, 0.3) is 0 Å². The van der Waals surface area contributed by atoms with Crippen molar-refractivity contribution >= 4 is 29.0 Å². The molecule has 1 aliphatic heterocycles. The maximum atomic E-state index is 13.1. The van der Waals surface area contributed by atoms with Crippen LogP contribution in [0.15, 0.2) is 35.7 Å². The van der Waals surface area contributed by atoms with Gasteiger partial charge in [-0.3, -0.25) is 4.79 Å². The van der Waals surface area contributed by atoms with E-state index in [1.165, 1.54) is 4.88 Å². The lowest BCUT2D eigenvalue weighted by atomic mass is 10.1. The predicted octanol–water partition coefficient (Wildman–Crippen LogP) is 3.65. The van der Waals surface area contributed by atoms with Gasteiger partial charge in [-0.05, 0) is 23.6 Å². The summed E-state index contributed by atoms with van der Waals surface area (Å²) < 4.78 is 10.7. The number of rotatable bonds is 4. The highest BCUT2D eigenvalue weighted by molar-refractivity contribution is 7.99. The third-order valence-corrected chi connectivity index (χ3v) is 5.90. The molecule has 3 rings (SSSR count). The standard InChI is InChI=1S/C16H17NO3S2/c1-19-11-5-3-6-12(20-2)14(11)15(18)17-8-10-22-16(17)13-7-4-9-21-13/h3-7,9,16H,8,10H2,1-2H3/t16-/m0/s1. The average molecular weight is 335 g/mol. The maximum Gasteiger partial charge on any atom is 0.262 e. The lowest BCUT2D eigenvalue weighted by Gasteiger charge is -2.24. The molecular formula is C16H17NO3S2. The summed E-state index contributed by atoms with van der Waals surface area (Å²) in [4.78, 5) is 16.2. The second kappa shape index (κ2) is 6.62. The number of carbonyl (C=O) groups excluding carboxylic acids is 1. The minimum atomic E-state index is -0.0438. The molecule has 1 fully saturated rings. The minimum Gasteiger partial charge on any atom is -0.496 e. The van der Waals surface area contributed by atoms with Gasteiger partial charge < -0.3 is 14.4 Å². The highest BCUT2D eigenvalue weighted by Crippen LogP contribution is 2.42. The van der Waals surface area contributed by atoms with Gasteiger partial charge >= 0.3 is 0 Å². The Balaban J connectivity index is 1.97. The first-order chi connectivity index (χ1) is 10.8. The molecule has 0 unspecified atom stereocenters. The lowest BCUT2D eigenvalue weighted by Crippen LogP contribution is -2.30. The summed E-state index contributed by atoms with van der Waals surface area (Å²) in [5.74, 6) is 1.99. The molecule has 0 aliphatic carbocycles. The highest BCUT2D eigenvalue weighted by atomic mass is 32.2. The van der Waals surface area contributed by atoms with Crippen molar-refractivity contribution < 1.29 is 14.3 Å². The first kappa shape index (κ1) is 15.2. The zero-order valence-corrected chi connectivity index (χ0v) is 14.1. The van der Waals surface area contributed by atoms with Crippen LogP contribution in [0.1, 0.15) is 20.6 Å². The molecule has 0 radical (unpaired) electrons. The third kappa shape index (κ3) is 2.68. The largest absolute Gasteiger partial charge is 0.496 e. The Labute approximate surface area is 138 Å². The van der Waals surface area contributed by atoms with Gasteiger partial charge in [-0.1, -0.05) is 12.1 Å². The van der Waals surface area contributed by atoms with Crippen LogP contribution >= 0.6 is 23.1 Å². The van der Waals surface area contributed by atoms with E-state index in [9.17, 15) is 4.79 Å². The monoisotopic (exact) mass is 335 g/mol. The minimum absolute atomic E-state index is 0.0438. The molecule has 2 heterocycles. The number of thioether (sulfide) groups is 1. The van der Waals surface area contributed by atoms with Crippen LogP contribution in [0.5, 0.6) is 11.5 Å². The van der Waals surface area contributed by atoms with E-state index in [1.54, 1.807) is 49.5 Å². The summed E-state index contributed by atoms with van der Waals surface area (Å²) in [5.41, 5.74) is 0.497. The fraction of sp³-hybridized carbons (Fsp3) is 0.312. The van der Waals surface area contributed by atoms with Crippen LogP contribution in [-0.2, 0) is 0 Å². The molecular weight excluding hydrogens is 318 g/mol. The summed E-state index contributed by atoms with van der Waals surface area (Å²) in [6, 6.07) is 9.50. The number of benzene rings is 1. The van der Waals surface area contributed by atoms with Crippen molar-refractivity contribution in [2.75, 3.05) is 26.5 Å². The van der Waals surface area contributed by atoms with Gasteiger partial charge in [0.2, 0.25) is 0 Å². The van der Waals surface area contributed by atoms with E-state index < -0.39 is 0 Å². The first-order valence-electron chi connectivity index (χ1n) is 6.93. The zero-order valence-electron chi connectivity index (χ0n) is 12.4. The Bertz CT molecular complexity index is 635. The second-order valence-corrected chi connectivity index (χ2v) is 6.94. The molecule has 0 spiro atoms. The van der Waals surface area contributed by atoms with Gasteiger partial charge in [0.1, 0.15) is 22.4 Å². The van der Waals surface area contributed by atoms with Crippen LogP contribution in [-0.4, -0.2) is 37.3 Å². The van der Waals surface area contributed by atoms with Crippen molar-refractivity contribution in [3.8, 4) is 11.5 Å². The van der Waals surface area contributed by atoms with Crippen molar-refractivity contribution in [2.24, 2.45) is 0 Å². The lowest BCUT2D eigenvalue weighted by molar-refractivity contribution is 0.0755. The normalized spacial score (nSPS) is 17.5. The third-order valence-electron chi connectivity index (χ3n) is 3.58. The summed E-state index contributed by atoms with van der Waals surface area (Å²) in [6.07, 6.45) is 0. The molecule has 1 aromatic heterocycles. The van der Waals surface area contributed by atoms with Crippen LogP contribution in [0, 0.1) is 0 Å². The Kier molecular flexibility index (Phi) is 4.59. The van der Waals surface area contributed by atoms with Gasteiger partial charge in [0.05, 0.1) is 14.2 Å². The van der Waals surface area contributed by atoms with Crippen molar-refractivity contribution in [1.29, 1.82) is 0 Å². The quantitative estimate of drug-likeness (QED) is 0.855. The first-order valence-corrected chi connectivity index (χ1v) is 8.86. The Morgan fingerprint density at radius 3 is 2.50 bits per heavy atom. The highest BCUT2D eigenvalue weighted by Gasteiger charge is 2.34. The molecule has 1 amide bonds. The van der Waals surface area contributed by atoms with Crippen molar-refractivity contribution in [3.63, 3.8) is 0 Å². The number of nitrogens with zero attached hydrogens (tertiary/aromatic N) is 1. The summed E-state index contributed by atoms with van der Waals surface area (Å²) in [7, 11) is 3.14. The SMILES string of the molecule is COc1cccc(OC)c1C(=O)N1CCS[C@H]1c1cccs1. The Hall–Kier alpha value is -1.66. The van der Waals surface area contributed by atoms with Gasteiger partial charge in [0, 0.05) is 17.2 Å². The van der Waals surface area contributed by atoms with Gasteiger partial charge in [0.15, 0.2) is 0 Å². The van der Waals surface area contributed by atoms with Gasteiger partial charge in [-0.2, -0.15) is 0 Å². The number of amides is 1. The number of ether oxygens (including phenoxy) is 2. The molecule has 1 saturated heterocycles. The molecule has 22 heavy (non-hydrogen) atoms. The van der Waals surface area contributed by atoms with Gasteiger partial charge in [-0.15, -0.1) is 23.1 Å². The molecule has 1 aliphatic rings. The van der Waals surface area contributed by atoms with E-state index in [1.807, 2.05) is 22.4 Å². The Morgan fingerprint density at radius 1 is 1.18 bits per heavy atom. The molecule has 116 valence electrons. The number of methoxy groups -OCH3 is 2. The molecule has 0 N–H and O–H groups in total. The van der Waals surface area contributed by atoms with E-state index in [0.29, 0.717) is 17.1 Å². The summed E-state index contributed by atoms with van der Waals surface area (Å²) >= 11 is 3.47. The topological polar surface area (TPSA) is 38.8 Å². The Morgan fingerprint density at radius 2 is 1.91 bits per heavy atom. The van der Waals surface area contributed by atoms with Crippen molar-refractivity contribution in [1.82, 2.24) is 4.90 Å². The second-order valence-electron chi connectivity index (χ2n) is 4.77. The van der Waals surface area contributed by atoms with Crippen molar-refractivity contribution in [3.05, 3.63) is 46.2 Å². The van der Waals surface area contributed by atoms with E-state index in [4.69, 9.17) is 9.47 Å². The van der Waals surface area contributed by atoms with E-state index in [2.05, 4.69) is 6.07 Å². The molecule has 4 nitrogen and oxygen atoms in total. The smallest absolute Gasteiger partial charge is 0.262 e. The summed E-state index contributed by atoms with van der Waals surface area (Å²) in [5, 5.41) is 2.11. The molecule has 0 bridgehead atoms. The molecule has 6 heteroatoms. The summed E-state index contributed by atoms with van der Waals surface area (Å²) in [6.45, 7) is 0.729. The zero-order chi connectivity index (χ0) is 15.5. The predicted molar refractivity (Wildman–Crippen MR) is 90.1 cm³/mol. The fourth-order valence-corrected chi connectivity index (χ4v) is 4.79. The van der Waals surface area contributed by atoms with Crippen LogP contribution in [0.4, 0.5) is 0 Å². The van der Waals surface area contributed by atoms with Crippen LogP contribution in [0.3, 0.4) is 0 Å². The van der Waals surface area contributed by atoms with Crippen LogP contribution < -0.4 is 9.47 Å². The van der Waals surface area contributed by atoms with Crippen LogP contribution in [0.2, 0.25) is 0 Å². The van der Waals surface area contributed by atoms with E-state index in [-0.39, 0.29) is 11.3 Å². The van der Waals surface area contributed by atoms with Crippen molar-refractivity contribution in [2.45, 2.75) is 5.37 Å². The van der Waals surface area contributed by atoms with E-state index in [0.717, 1.165) is 12.3 Å². The number of thiophene rings is 1. The molecule has 1 aromatic carbocycles. The molecule has 0 saturated carbocycles. The number of hydrogen-bond acceptors (Lipinski definition) is 5. The number of carbonyl (C=O) groups is 1. The number of hydrogen-bond donors (Lipinski definition) is 0. The molecule has 1 atom stereocenters. The van der Waals surface area contributed by atoms with Gasteiger partial charge in [-0.25, -0.2) is 0 Å². The average Bonchev–Trinajstić information content (AvgIpc) is 3.23.